The van der Waals surface area contributed by atoms with E-state index in [9.17, 15) is 9.90 Å². The van der Waals surface area contributed by atoms with Gasteiger partial charge in [-0.15, -0.1) is 0 Å². The van der Waals surface area contributed by atoms with E-state index in [1.807, 2.05) is 38.2 Å². The van der Waals surface area contributed by atoms with Crippen LogP contribution in [0.2, 0.25) is 0 Å². The summed E-state index contributed by atoms with van der Waals surface area (Å²) in [6.45, 7) is 2.84. The SMILES string of the molecule is CC[C@H]1[C@H](C(=O)O)[C@@H](c2ccc(OC)cc2)CN1C. The number of ether oxygens (including phenoxy) is 1. The Bertz CT molecular complexity index is 443. The maximum Gasteiger partial charge on any atom is 0.308 e. The maximum absolute atomic E-state index is 11.6. The van der Waals surface area contributed by atoms with E-state index in [-0.39, 0.29) is 17.9 Å². The predicted octanol–water partition coefficient (Wildman–Crippen LogP) is 2.20. The molecule has 19 heavy (non-hydrogen) atoms. The van der Waals surface area contributed by atoms with Crippen molar-refractivity contribution in [2.75, 3.05) is 20.7 Å². The lowest BCUT2D eigenvalue weighted by molar-refractivity contribution is -0.143. The number of likely N-dealkylation sites (N-methyl/N-ethyl adjacent to an activating group) is 1. The molecule has 3 atom stereocenters. The number of nitrogens with zero attached hydrogens (tertiary/aromatic N) is 1. The van der Waals surface area contributed by atoms with Gasteiger partial charge in [-0.1, -0.05) is 19.1 Å². The van der Waals surface area contributed by atoms with E-state index in [0.29, 0.717) is 0 Å². The normalized spacial score (nSPS) is 27.4. The molecule has 1 aliphatic heterocycles. The molecule has 0 aromatic heterocycles. The highest BCUT2D eigenvalue weighted by molar-refractivity contribution is 5.73. The molecule has 1 heterocycles. The Morgan fingerprint density at radius 1 is 1.42 bits per heavy atom. The highest BCUT2D eigenvalue weighted by Crippen LogP contribution is 2.38. The van der Waals surface area contributed by atoms with Gasteiger partial charge in [-0.2, -0.15) is 0 Å². The van der Waals surface area contributed by atoms with Crippen molar-refractivity contribution < 1.29 is 14.6 Å². The van der Waals surface area contributed by atoms with Crippen molar-refractivity contribution in [3.05, 3.63) is 29.8 Å². The van der Waals surface area contributed by atoms with Crippen LogP contribution < -0.4 is 4.74 Å². The first-order chi connectivity index (χ1) is 9.08. The van der Waals surface area contributed by atoms with Crippen molar-refractivity contribution >= 4 is 5.97 Å². The summed E-state index contributed by atoms with van der Waals surface area (Å²) in [5.41, 5.74) is 1.08. The summed E-state index contributed by atoms with van der Waals surface area (Å²) in [7, 11) is 3.64. The van der Waals surface area contributed by atoms with E-state index < -0.39 is 5.97 Å². The van der Waals surface area contributed by atoms with Crippen LogP contribution in [0.15, 0.2) is 24.3 Å². The molecule has 1 aromatic carbocycles. The van der Waals surface area contributed by atoms with Crippen LogP contribution >= 0.6 is 0 Å². The van der Waals surface area contributed by atoms with Crippen LogP contribution in [0.3, 0.4) is 0 Å². The summed E-state index contributed by atoms with van der Waals surface area (Å²) in [5, 5.41) is 9.51. The minimum atomic E-state index is -0.697. The molecular weight excluding hydrogens is 242 g/mol. The second-order valence-corrected chi connectivity index (χ2v) is 5.16. The number of hydrogen-bond donors (Lipinski definition) is 1. The highest BCUT2D eigenvalue weighted by Gasteiger charge is 2.43. The van der Waals surface area contributed by atoms with Gasteiger partial charge < -0.3 is 14.7 Å². The van der Waals surface area contributed by atoms with Crippen molar-refractivity contribution in [1.82, 2.24) is 4.90 Å². The molecule has 0 radical (unpaired) electrons. The van der Waals surface area contributed by atoms with Crippen LogP contribution in [0.4, 0.5) is 0 Å². The van der Waals surface area contributed by atoms with E-state index in [4.69, 9.17) is 4.74 Å². The average Bonchev–Trinajstić information content (AvgIpc) is 2.75. The summed E-state index contributed by atoms with van der Waals surface area (Å²) < 4.78 is 5.14. The molecule has 1 aliphatic rings. The molecule has 0 amide bonds. The molecule has 1 aromatic rings. The lowest BCUT2D eigenvalue weighted by Crippen LogP contribution is -2.33. The van der Waals surface area contributed by atoms with Gasteiger partial charge in [0.05, 0.1) is 13.0 Å². The second kappa shape index (κ2) is 5.61. The van der Waals surface area contributed by atoms with Gasteiger partial charge in [0, 0.05) is 18.5 Å². The van der Waals surface area contributed by atoms with E-state index in [1.54, 1.807) is 7.11 Å². The van der Waals surface area contributed by atoms with Crippen molar-refractivity contribution in [3.8, 4) is 5.75 Å². The summed E-state index contributed by atoms with van der Waals surface area (Å²) in [6, 6.07) is 7.86. The predicted molar refractivity (Wildman–Crippen MR) is 73.6 cm³/mol. The number of methoxy groups -OCH3 is 1. The van der Waals surface area contributed by atoms with Gasteiger partial charge >= 0.3 is 5.97 Å². The summed E-state index contributed by atoms with van der Waals surface area (Å²) in [4.78, 5) is 13.7. The van der Waals surface area contributed by atoms with Gasteiger partial charge in [-0.25, -0.2) is 0 Å². The Kier molecular flexibility index (Phi) is 4.10. The molecule has 0 spiro atoms. The molecule has 2 rings (SSSR count). The zero-order valence-corrected chi connectivity index (χ0v) is 11.7. The molecule has 4 nitrogen and oxygen atoms in total. The lowest BCUT2D eigenvalue weighted by Gasteiger charge is -2.21. The fourth-order valence-corrected chi connectivity index (χ4v) is 3.17. The smallest absolute Gasteiger partial charge is 0.308 e. The van der Waals surface area contributed by atoms with Crippen LogP contribution in [0.5, 0.6) is 5.75 Å². The van der Waals surface area contributed by atoms with Gasteiger partial charge in [0.25, 0.3) is 0 Å². The number of benzene rings is 1. The molecule has 0 bridgehead atoms. The summed E-state index contributed by atoms with van der Waals surface area (Å²) in [5.74, 6) is -0.173. The Balaban J connectivity index is 2.28. The molecule has 0 unspecified atom stereocenters. The Labute approximate surface area is 114 Å². The fraction of sp³-hybridized carbons (Fsp3) is 0.533. The topological polar surface area (TPSA) is 49.8 Å². The Morgan fingerprint density at radius 2 is 2.05 bits per heavy atom. The Hall–Kier alpha value is -1.55. The van der Waals surface area contributed by atoms with E-state index >= 15 is 0 Å². The van der Waals surface area contributed by atoms with Gasteiger partial charge in [-0.05, 0) is 31.2 Å². The monoisotopic (exact) mass is 263 g/mol. The van der Waals surface area contributed by atoms with Crippen molar-refractivity contribution in [2.24, 2.45) is 5.92 Å². The number of likely N-dealkylation sites (tertiary alicyclic amines) is 1. The van der Waals surface area contributed by atoms with E-state index in [0.717, 1.165) is 24.3 Å². The maximum atomic E-state index is 11.6. The van der Waals surface area contributed by atoms with Crippen LogP contribution in [-0.2, 0) is 4.79 Å². The van der Waals surface area contributed by atoms with Crippen molar-refractivity contribution in [3.63, 3.8) is 0 Å². The third-order valence-electron chi connectivity index (χ3n) is 4.15. The first-order valence-electron chi connectivity index (χ1n) is 6.65. The third kappa shape index (κ3) is 2.59. The van der Waals surface area contributed by atoms with Crippen LogP contribution in [0.25, 0.3) is 0 Å². The molecule has 0 saturated carbocycles. The van der Waals surface area contributed by atoms with Gasteiger partial charge in [0.15, 0.2) is 0 Å². The number of rotatable bonds is 4. The molecule has 0 aliphatic carbocycles. The van der Waals surface area contributed by atoms with E-state index in [2.05, 4.69) is 4.90 Å². The largest absolute Gasteiger partial charge is 0.497 e. The molecule has 1 saturated heterocycles. The molecule has 104 valence electrons. The Morgan fingerprint density at radius 3 is 2.53 bits per heavy atom. The van der Waals surface area contributed by atoms with Gasteiger partial charge in [0.1, 0.15) is 5.75 Å². The van der Waals surface area contributed by atoms with E-state index in [1.165, 1.54) is 0 Å². The second-order valence-electron chi connectivity index (χ2n) is 5.16. The number of carboxylic acids is 1. The standard InChI is InChI=1S/C15H21NO3/c1-4-13-14(15(17)18)12(9-16(13)2)10-5-7-11(19-3)8-6-10/h5-8,12-14H,4,9H2,1-3H3,(H,17,18)/t12-,13+,14-/m1/s1. The summed E-state index contributed by atoms with van der Waals surface area (Å²) >= 11 is 0. The summed E-state index contributed by atoms with van der Waals surface area (Å²) in [6.07, 6.45) is 0.861. The minimum Gasteiger partial charge on any atom is -0.497 e. The number of carbonyl (C=O) groups is 1. The molecule has 4 heteroatoms. The number of hydrogen-bond acceptors (Lipinski definition) is 3. The zero-order chi connectivity index (χ0) is 14.0. The minimum absolute atomic E-state index is 0.0540. The quantitative estimate of drug-likeness (QED) is 0.904. The van der Waals surface area contributed by atoms with Crippen LogP contribution in [0.1, 0.15) is 24.8 Å². The average molecular weight is 263 g/mol. The van der Waals surface area contributed by atoms with Crippen molar-refractivity contribution in [1.29, 1.82) is 0 Å². The van der Waals surface area contributed by atoms with Gasteiger partial charge in [-0.3, -0.25) is 4.79 Å². The number of carboxylic acid groups (broad SMARTS) is 1. The van der Waals surface area contributed by atoms with Crippen molar-refractivity contribution in [2.45, 2.75) is 25.3 Å². The lowest BCUT2D eigenvalue weighted by atomic mass is 9.84. The first-order valence-corrected chi connectivity index (χ1v) is 6.65. The highest BCUT2D eigenvalue weighted by atomic mass is 16.5. The molecular formula is C15H21NO3. The van der Waals surface area contributed by atoms with Crippen LogP contribution in [0, 0.1) is 5.92 Å². The first kappa shape index (κ1) is 13.9. The van der Waals surface area contributed by atoms with Gasteiger partial charge in [0.2, 0.25) is 0 Å². The van der Waals surface area contributed by atoms with Crippen LogP contribution in [-0.4, -0.2) is 42.7 Å². The molecule has 1 N–H and O–H groups in total. The molecule has 1 fully saturated rings. The fourth-order valence-electron chi connectivity index (χ4n) is 3.17. The third-order valence-corrected chi connectivity index (χ3v) is 4.15. The number of aliphatic carboxylic acids is 1. The zero-order valence-electron chi connectivity index (χ0n) is 11.7.